The second-order valence-corrected chi connectivity index (χ2v) is 15.0. The van der Waals surface area contributed by atoms with Gasteiger partial charge in [-0.25, -0.2) is 4.98 Å². The molecule has 4 aromatic heterocycles. The molecule has 0 N–H and O–H groups in total. The molecular weight excluding hydrogens is 695 g/mol. The fraction of sp³-hybridized carbons (Fsp3) is 0. The van der Waals surface area contributed by atoms with Gasteiger partial charge in [-0.1, -0.05) is 97.1 Å². The second-order valence-electron chi connectivity index (χ2n) is 13.9. The lowest BCUT2D eigenvalue weighted by Crippen LogP contribution is -2.11. The molecule has 12 rings (SSSR count). The Bertz CT molecular complexity index is 3450. The minimum atomic E-state index is 0.590. The van der Waals surface area contributed by atoms with Crippen LogP contribution in [-0.2, 0) is 0 Å². The third-order valence-corrected chi connectivity index (χ3v) is 12.0. The SMILES string of the molecule is c1ccc(-c2nc3ccc4oc5ccc(N(c6cccc7c6sc6ccccc67)c6cccc7c8ccccc8n(-c8ccccc8)c67)cc5c4c3o2)cc1. The highest BCUT2D eigenvalue weighted by atomic mass is 32.1. The maximum absolute atomic E-state index is 6.56. The zero-order chi connectivity index (χ0) is 36.0. The van der Waals surface area contributed by atoms with Crippen LogP contribution in [0.3, 0.4) is 0 Å². The molecule has 0 aliphatic heterocycles. The van der Waals surface area contributed by atoms with Crippen molar-refractivity contribution in [3.05, 3.63) is 176 Å². The van der Waals surface area contributed by atoms with Crippen LogP contribution in [0.1, 0.15) is 0 Å². The van der Waals surface area contributed by atoms with Crippen LogP contribution in [0.25, 0.3) is 92.2 Å². The lowest BCUT2D eigenvalue weighted by molar-refractivity contribution is 0.622. The quantitative estimate of drug-likeness (QED) is 0.177. The Morgan fingerprint density at radius 2 is 1.24 bits per heavy atom. The highest BCUT2D eigenvalue weighted by molar-refractivity contribution is 7.26. The fourth-order valence-corrected chi connectivity index (χ4v) is 9.63. The Balaban J connectivity index is 1.19. The minimum absolute atomic E-state index is 0.590. The number of para-hydroxylation sites is 3. The van der Waals surface area contributed by atoms with Crippen LogP contribution < -0.4 is 4.90 Å². The summed E-state index contributed by atoms with van der Waals surface area (Å²) in [5, 5.41) is 6.79. The van der Waals surface area contributed by atoms with Crippen LogP contribution in [0.2, 0.25) is 0 Å². The summed E-state index contributed by atoms with van der Waals surface area (Å²) >= 11 is 1.84. The summed E-state index contributed by atoms with van der Waals surface area (Å²) in [4.78, 5) is 7.34. The van der Waals surface area contributed by atoms with Crippen LogP contribution in [0.5, 0.6) is 0 Å². The van der Waals surface area contributed by atoms with Gasteiger partial charge < -0.3 is 18.3 Å². The van der Waals surface area contributed by atoms with Crippen molar-refractivity contribution in [2.24, 2.45) is 0 Å². The molecule has 0 fully saturated rings. The molecule has 12 aromatic rings. The number of fused-ring (bicyclic) bond motifs is 11. The Hall–Kier alpha value is -7.15. The first-order valence-corrected chi connectivity index (χ1v) is 19.2. The van der Waals surface area contributed by atoms with Gasteiger partial charge in [0.15, 0.2) is 5.58 Å². The van der Waals surface area contributed by atoms with Crippen LogP contribution in [0.15, 0.2) is 185 Å². The van der Waals surface area contributed by atoms with E-state index in [0.29, 0.717) is 5.89 Å². The molecule has 0 amide bonds. The Kier molecular flexibility index (Phi) is 6.44. The van der Waals surface area contributed by atoms with E-state index in [-0.39, 0.29) is 0 Å². The van der Waals surface area contributed by atoms with Crippen molar-refractivity contribution in [1.29, 1.82) is 0 Å². The van der Waals surface area contributed by atoms with Crippen molar-refractivity contribution in [2.75, 3.05) is 4.90 Å². The molecule has 0 radical (unpaired) electrons. The van der Waals surface area contributed by atoms with Gasteiger partial charge in [-0.3, -0.25) is 0 Å². The normalized spacial score (nSPS) is 12.0. The number of thiophene rings is 1. The summed E-state index contributed by atoms with van der Waals surface area (Å²) in [6, 6.07) is 62.0. The molecule has 0 saturated carbocycles. The summed E-state index contributed by atoms with van der Waals surface area (Å²) in [5.41, 5.74) is 10.6. The number of rotatable bonds is 5. The predicted molar refractivity (Wildman–Crippen MR) is 229 cm³/mol. The number of oxazole rings is 1. The van der Waals surface area contributed by atoms with E-state index in [2.05, 4.69) is 143 Å². The molecule has 6 heteroatoms. The van der Waals surface area contributed by atoms with Crippen molar-refractivity contribution in [3.63, 3.8) is 0 Å². The molecule has 55 heavy (non-hydrogen) atoms. The summed E-state index contributed by atoms with van der Waals surface area (Å²) in [5.74, 6) is 0.590. The zero-order valence-corrected chi connectivity index (χ0v) is 30.1. The van der Waals surface area contributed by atoms with Gasteiger partial charge >= 0.3 is 0 Å². The summed E-state index contributed by atoms with van der Waals surface area (Å²) in [6.07, 6.45) is 0. The minimum Gasteiger partial charge on any atom is -0.456 e. The summed E-state index contributed by atoms with van der Waals surface area (Å²) in [6.45, 7) is 0. The number of hydrogen-bond acceptors (Lipinski definition) is 5. The van der Waals surface area contributed by atoms with E-state index in [1.54, 1.807) is 0 Å². The maximum atomic E-state index is 6.56. The Morgan fingerprint density at radius 1 is 0.527 bits per heavy atom. The number of aromatic nitrogens is 2. The third-order valence-electron chi connectivity index (χ3n) is 10.8. The van der Waals surface area contributed by atoms with Crippen LogP contribution in [0, 0.1) is 0 Å². The summed E-state index contributed by atoms with van der Waals surface area (Å²) in [7, 11) is 0. The molecule has 4 heterocycles. The average molecular weight is 724 g/mol. The number of furan rings is 1. The number of anilines is 3. The monoisotopic (exact) mass is 723 g/mol. The molecule has 258 valence electrons. The largest absolute Gasteiger partial charge is 0.456 e. The van der Waals surface area contributed by atoms with Crippen molar-refractivity contribution in [2.45, 2.75) is 0 Å². The molecule has 8 aromatic carbocycles. The van der Waals surface area contributed by atoms with E-state index in [4.69, 9.17) is 13.8 Å². The Labute approximate surface area is 318 Å². The van der Waals surface area contributed by atoms with E-state index >= 15 is 0 Å². The van der Waals surface area contributed by atoms with Gasteiger partial charge in [0.25, 0.3) is 0 Å². The van der Waals surface area contributed by atoms with E-state index in [1.807, 2.05) is 53.8 Å². The van der Waals surface area contributed by atoms with Gasteiger partial charge in [0, 0.05) is 48.6 Å². The molecule has 0 aliphatic carbocycles. The molecular formula is C49H29N3O2S. The molecule has 0 spiro atoms. The smallest absolute Gasteiger partial charge is 0.227 e. The van der Waals surface area contributed by atoms with Crippen LogP contribution >= 0.6 is 11.3 Å². The van der Waals surface area contributed by atoms with E-state index in [0.717, 1.165) is 72.4 Å². The first-order chi connectivity index (χ1) is 27.3. The van der Waals surface area contributed by atoms with E-state index in [1.165, 1.54) is 30.9 Å². The van der Waals surface area contributed by atoms with Crippen molar-refractivity contribution >= 4 is 103 Å². The molecule has 0 saturated heterocycles. The molecule has 0 atom stereocenters. The number of nitrogens with zero attached hydrogens (tertiary/aromatic N) is 3. The van der Waals surface area contributed by atoms with Gasteiger partial charge in [0.2, 0.25) is 5.89 Å². The first-order valence-electron chi connectivity index (χ1n) is 18.4. The number of benzene rings is 8. The summed E-state index contributed by atoms with van der Waals surface area (Å²) < 4.78 is 18.0. The average Bonchev–Trinajstić information content (AvgIpc) is 4.02. The lowest BCUT2D eigenvalue weighted by Gasteiger charge is -2.27. The standard InChI is InChI=1S/C49H29N3O2S/c1-3-13-30(14-4-1)49-50-38-26-28-43-45(47(38)54-49)37-29-32(25-27-42(37)53-43)51(41-23-12-20-36-34-18-8-10-24-44(34)55-48(36)41)40-22-11-19-35-33-17-7-9-21-39(33)52(46(35)40)31-15-5-2-6-16-31/h1-29H. The fourth-order valence-electron chi connectivity index (χ4n) is 8.42. The van der Waals surface area contributed by atoms with Crippen LogP contribution in [-0.4, -0.2) is 9.55 Å². The molecule has 0 bridgehead atoms. The van der Waals surface area contributed by atoms with Crippen molar-refractivity contribution in [3.8, 4) is 17.1 Å². The van der Waals surface area contributed by atoms with Gasteiger partial charge in [-0.15, -0.1) is 11.3 Å². The Morgan fingerprint density at radius 3 is 2.11 bits per heavy atom. The highest BCUT2D eigenvalue weighted by Gasteiger charge is 2.25. The van der Waals surface area contributed by atoms with Crippen molar-refractivity contribution < 1.29 is 8.83 Å². The zero-order valence-electron chi connectivity index (χ0n) is 29.3. The highest BCUT2D eigenvalue weighted by Crippen LogP contribution is 2.49. The van der Waals surface area contributed by atoms with Gasteiger partial charge in [0.1, 0.15) is 16.7 Å². The predicted octanol–water partition coefficient (Wildman–Crippen LogP) is 14.3. The molecule has 0 unspecified atom stereocenters. The molecule has 5 nitrogen and oxygen atoms in total. The lowest BCUT2D eigenvalue weighted by atomic mass is 10.1. The second kappa shape index (κ2) is 11.7. The van der Waals surface area contributed by atoms with E-state index < -0.39 is 0 Å². The van der Waals surface area contributed by atoms with Crippen LogP contribution in [0.4, 0.5) is 17.1 Å². The molecule has 0 aliphatic rings. The third kappa shape index (κ3) is 4.49. The van der Waals surface area contributed by atoms with Crippen molar-refractivity contribution in [1.82, 2.24) is 9.55 Å². The van der Waals surface area contributed by atoms with Gasteiger partial charge in [-0.05, 0) is 78.9 Å². The maximum Gasteiger partial charge on any atom is 0.227 e. The van der Waals surface area contributed by atoms with Gasteiger partial charge in [-0.2, -0.15) is 0 Å². The topological polar surface area (TPSA) is 47.3 Å². The van der Waals surface area contributed by atoms with Gasteiger partial charge in [0.05, 0.1) is 32.5 Å². The number of hydrogen-bond donors (Lipinski definition) is 0. The first kappa shape index (κ1) is 30.3. The van der Waals surface area contributed by atoms with E-state index in [9.17, 15) is 0 Å².